The lowest BCUT2D eigenvalue weighted by atomic mass is 9.84. The minimum atomic E-state index is -0.867. The Balaban J connectivity index is 1.79. The number of aromatic nitrogens is 2. The van der Waals surface area contributed by atoms with E-state index in [4.69, 9.17) is 11.6 Å². The third-order valence-corrected chi connectivity index (χ3v) is 4.55. The van der Waals surface area contributed by atoms with E-state index < -0.39 is 5.60 Å². The van der Waals surface area contributed by atoms with Crippen LogP contribution in [0, 0.1) is 13.8 Å². The number of aliphatic hydroxyl groups is 1. The molecule has 5 heteroatoms. The first-order chi connectivity index (χ1) is 10.5. The Morgan fingerprint density at radius 3 is 2.27 bits per heavy atom. The average molecular weight is 318 g/mol. The van der Waals surface area contributed by atoms with Crippen molar-refractivity contribution in [1.29, 1.82) is 0 Å². The van der Waals surface area contributed by atoms with Crippen LogP contribution in [0.2, 0.25) is 5.02 Å². The molecular formula is C17H20ClN3O. The van der Waals surface area contributed by atoms with Crippen LogP contribution in [0.1, 0.15) is 29.8 Å². The zero-order chi connectivity index (χ0) is 15.7. The summed E-state index contributed by atoms with van der Waals surface area (Å²) in [6, 6.07) is 9.50. The highest BCUT2D eigenvalue weighted by atomic mass is 35.5. The molecule has 2 aromatic rings. The zero-order valence-electron chi connectivity index (χ0n) is 12.9. The number of piperidine rings is 1. The van der Waals surface area contributed by atoms with Gasteiger partial charge in [0.2, 0.25) is 5.95 Å². The van der Waals surface area contributed by atoms with Crippen molar-refractivity contribution in [1.82, 2.24) is 9.97 Å². The van der Waals surface area contributed by atoms with Gasteiger partial charge in [-0.3, -0.25) is 0 Å². The maximum absolute atomic E-state index is 10.9. The summed E-state index contributed by atoms with van der Waals surface area (Å²) < 4.78 is 0. The molecule has 1 aliphatic heterocycles. The normalized spacial score (nSPS) is 17.5. The predicted molar refractivity (Wildman–Crippen MR) is 88.3 cm³/mol. The summed E-state index contributed by atoms with van der Waals surface area (Å²) in [6.07, 6.45) is 1.24. The maximum atomic E-state index is 10.9. The van der Waals surface area contributed by atoms with Gasteiger partial charge in [-0.15, -0.1) is 0 Å². The van der Waals surface area contributed by atoms with Crippen LogP contribution in [-0.4, -0.2) is 28.2 Å². The monoisotopic (exact) mass is 317 g/mol. The number of aryl methyl sites for hydroxylation is 2. The molecule has 1 fully saturated rings. The molecule has 1 N–H and O–H groups in total. The predicted octanol–water partition coefficient (Wildman–Crippen LogP) is 3.23. The summed E-state index contributed by atoms with van der Waals surface area (Å²) in [4.78, 5) is 11.1. The van der Waals surface area contributed by atoms with Crippen LogP contribution in [0.15, 0.2) is 30.3 Å². The lowest BCUT2D eigenvalue weighted by molar-refractivity contribution is 0.0116. The Kier molecular flexibility index (Phi) is 4.06. The van der Waals surface area contributed by atoms with Gasteiger partial charge < -0.3 is 10.0 Å². The molecule has 22 heavy (non-hydrogen) atoms. The molecular weight excluding hydrogens is 298 g/mol. The molecule has 4 nitrogen and oxygen atoms in total. The Morgan fingerprint density at radius 2 is 1.68 bits per heavy atom. The van der Waals surface area contributed by atoms with E-state index in [1.807, 2.05) is 44.2 Å². The molecule has 0 spiro atoms. The number of halogens is 1. The fourth-order valence-electron chi connectivity index (χ4n) is 3.03. The van der Waals surface area contributed by atoms with Crippen LogP contribution < -0.4 is 4.90 Å². The summed E-state index contributed by atoms with van der Waals surface area (Å²) in [5.74, 6) is 0.749. The van der Waals surface area contributed by atoms with Crippen molar-refractivity contribution >= 4 is 17.5 Å². The van der Waals surface area contributed by atoms with E-state index in [-0.39, 0.29) is 0 Å². The smallest absolute Gasteiger partial charge is 0.225 e. The zero-order valence-corrected chi connectivity index (χ0v) is 13.6. The molecule has 0 aliphatic carbocycles. The van der Waals surface area contributed by atoms with Gasteiger partial charge in [0.05, 0.1) is 5.60 Å². The number of anilines is 1. The van der Waals surface area contributed by atoms with E-state index >= 15 is 0 Å². The van der Waals surface area contributed by atoms with Crippen molar-refractivity contribution in [2.24, 2.45) is 0 Å². The summed E-state index contributed by atoms with van der Waals surface area (Å²) in [5, 5.41) is 11.6. The largest absolute Gasteiger partial charge is 0.385 e. The van der Waals surface area contributed by atoms with Gasteiger partial charge in [-0.05, 0) is 38.8 Å². The van der Waals surface area contributed by atoms with Crippen LogP contribution in [-0.2, 0) is 5.60 Å². The first kappa shape index (κ1) is 15.3. The molecule has 0 bridgehead atoms. The van der Waals surface area contributed by atoms with E-state index in [0.29, 0.717) is 31.0 Å². The average Bonchev–Trinajstić information content (AvgIpc) is 2.47. The second-order valence-corrected chi connectivity index (χ2v) is 6.36. The summed E-state index contributed by atoms with van der Waals surface area (Å²) in [6.45, 7) is 5.37. The second-order valence-electron chi connectivity index (χ2n) is 5.95. The van der Waals surface area contributed by atoms with Gasteiger partial charge in [0.1, 0.15) is 0 Å². The van der Waals surface area contributed by atoms with Gasteiger partial charge in [0.15, 0.2) is 0 Å². The molecule has 1 saturated heterocycles. The molecule has 1 aromatic heterocycles. The number of nitrogens with zero attached hydrogens (tertiary/aromatic N) is 3. The quantitative estimate of drug-likeness (QED) is 0.924. The van der Waals surface area contributed by atoms with E-state index in [0.717, 1.165) is 22.9 Å². The number of hydrogen-bond acceptors (Lipinski definition) is 4. The Morgan fingerprint density at radius 1 is 1.09 bits per heavy atom. The van der Waals surface area contributed by atoms with E-state index in [2.05, 4.69) is 14.9 Å². The Hall–Kier alpha value is -1.65. The third-order valence-electron chi connectivity index (χ3n) is 4.22. The molecule has 0 saturated carbocycles. The van der Waals surface area contributed by atoms with Crippen molar-refractivity contribution in [2.75, 3.05) is 18.0 Å². The fraction of sp³-hybridized carbons (Fsp3) is 0.412. The second kappa shape index (κ2) is 5.86. The molecule has 2 heterocycles. The highest BCUT2D eigenvalue weighted by Crippen LogP contribution is 2.37. The van der Waals surface area contributed by atoms with Gasteiger partial charge in [-0.1, -0.05) is 29.8 Å². The van der Waals surface area contributed by atoms with Gasteiger partial charge in [-0.2, -0.15) is 0 Å². The van der Waals surface area contributed by atoms with Gasteiger partial charge in [0.25, 0.3) is 0 Å². The highest BCUT2D eigenvalue weighted by Gasteiger charge is 2.36. The molecule has 3 rings (SSSR count). The van der Waals surface area contributed by atoms with Crippen LogP contribution in [0.4, 0.5) is 5.95 Å². The van der Waals surface area contributed by atoms with E-state index in [1.165, 1.54) is 0 Å². The first-order valence-electron chi connectivity index (χ1n) is 7.52. The van der Waals surface area contributed by atoms with Gasteiger partial charge >= 0.3 is 0 Å². The van der Waals surface area contributed by atoms with Crippen molar-refractivity contribution in [3.63, 3.8) is 0 Å². The first-order valence-corrected chi connectivity index (χ1v) is 7.90. The summed E-state index contributed by atoms with van der Waals surface area (Å²) >= 11 is 6.24. The lowest BCUT2D eigenvalue weighted by Crippen LogP contribution is -2.43. The Labute approximate surface area is 135 Å². The fourth-order valence-corrected chi connectivity index (χ4v) is 3.34. The van der Waals surface area contributed by atoms with Crippen molar-refractivity contribution in [3.05, 3.63) is 52.3 Å². The third kappa shape index (κ3) is 2.94. The van der Waals surface area contributed by atoms with Gasteiger partial charge in [-0.25, -0.2) is 9.97 Å². The van der Waals surface area contributed by atoms with Crippen LogP contribution >= 0.6 is 11.6 Å². The number of benzene rings is 1. The molecule has 116 valence electrons. The highest BCUT2D eigenvalue weighted by molar-refractivity contribution is 6.31. The van der Waals surface area contributed by atoms with Gasteiger partial charge in [0, 0.05) is 35.1 Å². The lowest BCUT2D eigenvalue weighted by Gasteiger charge is -2.39. The van der Waals surface area contributed by atoms with Crippen LogP contribution in [0.25, 0.3) is 0 Å². The molecule has 1 aromatic carbocycles. The topological polar surface area (TPSA) is 49.2 Å². The van der Waals surface area contributed by atoms with E-state index in [1.54, 1.807) is 0 Å². The molecule has 1 aliphatic rings. The molecule has 0 atom stereocenters. The summed E-state index contributed by atoms with van der Waals surface area (Å²) in [7, 11) is 0. The van der Waals surface area contributed by atoms with Crippen molar-refractivity contribution in [2.45, 2.75) is 32.3 Å². The Bertz CT molecular complexity index is 661. The van der Waals surface area contributed by atoms with E-state index in [9.17, 15) is 5.11 Å². The molecule has 0 amide bonds. The number of rotatable bonds is 2. The molecule has 0 unspecified atom stereocenters. The minimum absolute atomic E-state index is 0.618. The van der Waals surface area contributed by atoms with Crippen molar-refractivity contribution < 1.29 is 5.11 Å². The minimum Gasteiger partial charge on any atom is -0.385 e. The van der Waals surface area contributed by atoms with Crippen LogP contribution in [0.5, 0.6) is 0 Å². The molecule has 0 radical (unpaired) electrons. The summed E-state index contributed by atoms with van der Waals surface area (Å²) in [5.41, 5.74) is 1.88. The standard InChI is InChI=1S/C17H20ClN3O/c1-12-11-13(2)20-16(19-12)21-9-7-17(22,8-10-21)14-5-3-4-6-15(14)18/h3-6,11,22H,7-10H2,1-2H3. The SMILES string of the molecule is Cc1cc(C)nc(N2CCC(O)(c3ccccc3Cl)CC2)n1. The van der Waals surface area contributed by atoms with Crippen molar-refractivity contribution in [3.8, 4) is 0 Å². The maximum Gasteiger partial charge on any atom is 0.225 e. The number of hydrogen-bond donors (Lipinski definition) is 1. The van der Waals surface area contributed by atoms with Crippen LogP contribution in [0.3, 0.4) is 0 Å².